The Morgan fingerprint density at radius 2 is 2.12 bits per heavy atom. The van der Waals surface area contributed by atoms with Gasteiger partial charge in [0, 0.05) is 20.9 Å². The number of hydrogen-bond donors (Lipinski definition) is 0. The summed E-state index contributed by atoms with van der Waals surface area (Å²) in [5.41, 5.74) is 0. The Kier molecular flexibility index (Phi) is 5.03. The van der Waals surface area contributed by atoms with Crippen molar-refractivity contribution in [3.05, 3.63) is 21.6 Å². The van der Waals surface area contributed by atoms with Gasteiger partial charge in [0.15, 0.2) is 5.82 Å². The van der Waals surface area contributed by atoms with Gasteiger partial charge in [-0.25, -0.2) is 4.39 Å². The van der Waals surface area contributed by atoms with Crippen molar-refractivity contribution in [2.24, 2.45) is 0 Å². The molecule has 0 aliphatic heterocycles. The van der Waals surface area contributed by atoms with E-state index in [4.69, 9.17) is 16.3 Å². The van der Waals surface area contributed by atoms with Gasteiger partial charge in [-0.05, 0) is 22.0 Å². The molecule has 0 aliphatic carbocycles. The first-order valence-electron chi connectivity index (χ1n) is 5.08. The maximum absolute atomic E-state index is 13.2. The van der Waals surface area contributed by atoms with Gasteiger partial charge < -0.3 is 9.30 Å². The third-order valence-corrected chi connectivity index (χ3v) is 4.78. The van der Waals surface area contributed by atoms with Crippen LogP contribution in [0, 0.1) is 5.82 Å². The summed E-state index contributed by atoms with van der Waals surface area (Å²) in [6.45, 7) is 7.86. The minimum absolute atomic E-state index is 0.0832. The predicted molar refractivity (Wildman–Crippen MR) is 71.2 cm³/mol. The summed E-state index contributed by atoms with van der Waals surface area (Å²) in [7, 11) is -1.07. The number of rotatable bonds is 5. The van der Waals surface area contributed by atoms with E-state index in [0.717, 1.165) is 6.04 Å². The predicted octanol–water partition coefficient (Wildman–Crippen LogP) is 4.36. The number of aromatic nitrogens is 1. The third kappa shape index (κ3) is 4.20. The van der Waals surface area contributed by atoms with E-state index in [-0.39, 0.29) is 5.15 Å². The highest BCUT2D eigenvalue weighted by atomic mass is 79.9. The molecule has 0 saturated heterocycles. The fourth-order valence-corrected chi connectivity index (χ4v) is 2.62. The second kappa shape index (κ2) is 5.66. The van der Waals surface area contributed by atoms with Crippen LogP contribution in [-0.4, -0.2) is 19.2 Å². The Morgan fingerprint density at radius 1 is 1.50 bits per heavy atom. The zero-order valence-electron chi connectivity index (χ0n) is 9.69. The van der Waals surface area contributed by atoms with Crippen molar-refractivity contribution in [2.45, 2.75) is 32.4 Å². The van der Waals surface area contributed by atoms with Crippen molar-refractivity contribution in [3.8, 4) is 0 Å². The second-order valence-electron chi connectivity index (χ2n) is 4.90. The number of nitrogens with zero attached hydrogens (tertiary/aromatic N) is 1. The standard InChI is InChI=1S/C10H16BrClFNOSi/c1-16(2,3)5-4-15-7-14-6-8(11)9(13)10(14)12/h6H,4-5,7H2,1-3H3. The van der Waals surface area contributed by atoms with Crippen LogP contribution in [0.5, 0.6) is 0 Å². The molecule has 0 amide bonds. The molecule has 1 heterocycles. The Morgan fingerprint density at radius 3 is 2.56 bits per heavy atom. The molecule has 2 nitrogen and oxygen atoms in total. The highest BCUT2D eigenvalue weighted by molar-refractivity contribution is 9.10. The summed E-state index contributed by atoms with van der Waals surface area (Å²) in [6.07, 6.45) is 1.59. The van der Waals surface area contributed by atoms with E-state index in [1.165, 1.54) is 0 Å². The van der Waals surface area contributed by atoms with Crippen molar-refractivity contribution in [2.75, 3.05) is 6.61 Å². The molecule has 0 radical (unpaired) electrons. The van der Waals surface area contributed by atoms with Crippen molar-refractivity contribution in [1.29, 1.82) is 0 Å². The van der Waals surface area contributed by atoms with E-state index in [1.807, 2.05) is 0 Å². The molecule has 1 rings (SSSR count). The average Bonchev–Trinajstić information content (AvgIpc) is 2.40. The zero-order chi connectivity index (χ0) is 12.3. The summed E-state index contributed by atoms with van der Waals surface area (Å²) in [5.74, 6) is -0.435. The molecular formula is C10H16BrClFNOSi. The quantitative estimate of drug-likeness (QED) is 0.579. The fourth-order valence-electron chi connectivity index (χ4n) is 1.11. The summed E-state index contributed by atoms with van der Waals surface area (Å²) in [6, 6.07) is 1.09. The first-order chi connectivity index (χ1) is 7.31. The van der Waals surface area contributed by atoms with Crippen LogP contribution < -0.4 is 0 Å². The van der Waals surface area contributed by atoms with Crippen LogP contribution in [0.4, 0.5) is 4.39 Å². The van der Waals surface area contributed by atoms with E-state index >= 15 is 0 Å². The molecule has 0 N–H and O–H groups in total. The fraction of sp³-hybridized carbons (Fsp3) is 0.600. The average molecular weight is 329 g/mol. The SMILES string of the molecule is C[Si](C)(C)CCOCn1cc(Br)c(F)c1Cl. The Hall–Kier alpha value is 0.157. The maximum atomic E-state index is 13.2. The van der Waals surface area contributed by atoms with Gasteiger partial charge in [0.2, 0.25) is 0 Å². The largest absolute Gasteiger partial charge is 0.361 e. The van der Waals surface area contributed by atoms with Gasteiger partial charge in [0.25, 0.3) is 0 Å². The molecule has 16 heavy (non-hydrogen) atoms. The number of ether oxygens (including phenoxy) is 1. The van der Waals surface area contributed by atoms with E-state index in [2.05, 4.69) is 35.6 Å². The van der Waals surface area contributed by atoms with Crippen LogP contribution in [0.1, 0.15) is 0 Å². The van der Waals surface area contributed by atoms with E-state index < -0.39 is 13.9 Å². The first kappa shape index (κ1) is 14.2. The molecule has 1 aromatic rings. The molecule has 0 fully saturated rings. The molecule has 6 heteroatoms. The Labute approximate surface area is 110 Å². The smallest absolute Gasteiger partial charge is 0.174 e. The second-order valence-corrected chi connectivity index (χ2v) is 11.7. The molecule has 0 saturated carbocycles. The minimum Gasteiger partial charge on any atom is -0.361 e. The lowest BCUT2D eigenvalue weighted by atomic mass is 10.6. The van der Waals surface area contributed by atoms with E-state index in [0.29, 0.717) is 17.8 Å². The van der Waals surface area contributed by atoms with Gasteiger partial charge in [0.1, 0.15) is 11.9 Å². The van der Waals surface area contributed by atoms with Gasteiger partial charge in [-0.1, -0.05) is 31.2 Å². The van der Waals surface area contributed by atoms with Crippen molar-refractivity contribution >= 4 is 35.6 Å². The first-order valence-corrected chi connectivity index (χ1v) is 9.96. The monoisotopic (exact) mass is 327 g/mol. The van der Waals surface area contributed by atoms with Crippen LogP contribution >= 0.6 is 27.5 Å². The van der Waals surface area contributed by atoms with Crippen LogP contribution in [0.25, 0.3) is 0 Å². The molecule has 1 aromatic heterocycles. The summed E-state index contributed by atoms with van der Waals surface area (Å²) >= 11 is 8.85. The Bertz CT molecular complexity index is 364. The summed E-state index contributed by atoms with van der Waals surface area (Å²) in [4.78, 5) is 0. The van der Waals surface area contributed by atoms with Crippen LogP contribution in [-0.2, 0) is 11.5 Å². The van der Waals surface area contributed by atoms with E-state index in [9.17, 15) is 4.39 Å². The molecule has 0 atom stereocenters. The lowest BCUT2D eigenvalue weighted by Gasteiger charge is -2.15. The number of hydrogen-bond acceptors (Lipinski definition) is 1. The normalized spacial score (nSPS) is 12.1. The van der Waals surface area contributed by atoms with E-state index in [1.54, 1.807) is 10.8 Å². The topological polar surface area (TPSA) is 14.2 Å². The lowest BCUT2D eigenvalue weighted by Crippen LogP contribution is -2.22. The highest BCUT2D eigenvalue weighted by Gasteiger charge is 2.14. The molecule has 92 valence electrons. The number of halogens is 3. The molecule has 0 bridgehead atoms. The van der Waals surface area contributed by atoms with Gasteiger partial charge in [-0.15, -0.1) is 0 Å². The maximum Gasteiger partial charge on any atom is 0.174 e. The Balaban J connectivity index is 2.41. The van der Waals surface area contributed by atoms with Gasteiger partial charge in [0.05, 0.1) is 4.47 Å². The zero-order valence-corrected chi connectivity index (χ0v) is 13.0. The van der Waals surface area contributed by atoms with Crippen LogP contribution in [0.15, 0.2) is 10.7 Å². The van der Waals surface area contributed by atoms with Gasteiger partial charge in [-0.3, -0.25) is 0 Å². The molecule has 0 aliphatic rings. The van der Waals surface area contributed by atoms with Crippen molar-refractivity contribution in [3.63, 3.8) is 0 Å². The van der Waals surface area contributed by atoms with Crippen molar-refractivity contribution < 1.29 is 9.13 Å². The minimum atomic E-state index is -1.07. The molecule has 0 spiro atoms. The summed E-state index contributed by atoms with van der Waals surface area (Å²) in [5, 5.41) is 0.0832. The van der Waals surface area contributed by atoms with Crippen LogP contribution in [0.3, 0.4) is 0 Å². The van der Waals surface area contributed by atoms with Crippen molar-refractivity contribution in [1.82, 2.24) is 4.57 Å². The summed E-state index contributed by atoms with van der Waals surface area (Å²) < 4.78 is 20.6. The van der Waals surface area contributed by atoms with Gasteiger partial charge >= 0.3 is 0 Å². The van der Waals surface area contributed by atoms with Gasteiger partial charge in [-0.2, -0.15) is 0 Å². The molecule has 0 aromatic carbocycles. The molecular weight excluding hydrogens is 313 g/mol. The highest BCUT2D eigenvalue weighted by Crippen LogP contribution is 2.25. The van der Waals surface area contributed by atoms with Crippen LogP contribution in [0.2, 0.25) is 30.8 Å². The molecule has 0 unspecified atom stereocenters. The third-order valence-electron chi connectivity index (χ3n) is 2.14. The lowest BCUT2D eigenvalue weighted by molar-refractivity contribution is 0.0873.